The van der Waals surface area contributed by atoms with Crippen molar-refractivity contribution in [3.63, 3.8) is 0 Å². The summed E-state index contributed by atoms with van der Waals surface area (Å²) in [6.07, 6.45) is 5.36. The van der Waals surface area contributed by atoms with Crippen molar-refractivity contribution in [1.82, 2.24) is 4.90 Å². The Morgan fingerprint density at radius 1 is 1.06 bits per heavy atom. The molecule has 184 valence electrons. The number of benzene rings is 2. The normalized spacial score (nSPS) is 14.8. The van der Waals surface area contributed by atoms with E-state index in [9.17, 15) is 9.59 Å². The van der Waals surface area contributed by atoms with E-state index in [0.717, 1.165) is 24.8 Å². The van der Waals surface area contributed by atoms with Crippen molar-refractivity contribution in [3.8, 4) is 5.75 Å². The van der Waals surface area contributed by atoms with Gasteiger partial charge in [-0.1, -0.05) is 60.2 Å². The molecule has 4 rings (SSSR count). The molecule has 0 aliphatic heterocycles. The Bertz CT molecular complexity index is 1160. The van der Waals surface area contributed by atoms with E-state index in [1.807, 2.05) is 31.2 Å². The quantitative estimate of drug-likeness (QED) is 0.365. The van der Waals surface area contributed by atoms with Crippen LogP contribution in [0.1, 0.15) is 43.4 Å². The molecule has 2 aromatic carbocycles. The smallest absolute Gasteiger partial charge is 0.261 e. The molecule has 1 fully saturated rings. The summed E-state index contributed by atoms with van der Waals surface area (Å²) in [7, 11) is 0. The van der Waals surface area contributed by atoms with Gasteiger partial charge in [-0.05, 0) is 62.2 Å². The van der Waals surface area contributed by atoms with Crippen molar-refractivity contribution in [2.45, 2.75) is 51.1 Å². The van der Waals surface area contributed by atoms with Gasteiger partial charge in [0.05, 0.1) is 17.8 Å². The van der Waals surface area contributed by atoms with Crippen molar-refractivity contribution in [2.24, 2.45) is 0 Å². The fourth-order valence-electron chi connectivity index (χ4n) is 4.49. The molecule has 0 radical (unpaired) electrons. The zero-order valence-electron chi connectivity index (χ0n) is 19.6. The topological polar surface area (TPSA) is 71.8 Å². The summed E-state index contributed by atoms with van der Waals surface area (Å²) in [5.41, 5.74) is 0.767. The van der Waals surface area contributed by atoms with Crippen LogP contribution in [0.15, 0.2) is 65.3 Å². The van der Waals surface area contributed by atoms with Gasteiger partial charge in [0.1, 0.15) is 17.0 Å². The molecule has 0 bridgehead atoms. The molecular weight excluding hydrogens is 487 g/mol. The molecule has 1 saturated carbocycles. The van der Waals surface area contributed by atoms with Crippen LogP contribution in [0.2, 0.25) is 10.0 Å². The van der Waals surface area contributed by atoms with Crippen LogP contribution < -0.4 is 10.1 Å². The Morgan fingerprint density at radius 3 is 2.46 bits per heavy atom. The van der Waals surface area contributed by atoms with Crippen LogP contribution in [0, 0.1) is 6.92 Å². The molecule has 0 unspecified atom stereocenters. The lowest BCUT2D eigenvalue weighted by Gasteiger charge is -2.44. The second-order valence-electron chi connectivity index (χ2n) is 8.84. The first-order valence-electron chi connectivity index (χ1n) is 11.7. The van der Waals surface area contributed by atoms with Crippen LogP contribution in [0.3, 0.4) is 0 Å². The van der Waals surface area contributed by atoms with Crippen molar-refractivity contribution in [2.75, 3.05) is 11.9 Å². The van der Waals surface area contributed by atoms with E-state index < -0.39 is 5.54 Å². The number of carbonyl (C=O) groups is 2. The summed E-state index contributed by atoms with van der Waals surface area (Å²) in [6, 6.07) is 16.0. The Balaban J connectivity index is 1.62. The van der Waals surface area contributed by atoms with E-state index in [1.165, 1.54) is 0 Å². The Labute approximate surface area is 215 Å². The number of anilines is 1. The lowest BCUT2D eigenvalue weighted by atomic mass is 9.79. The fourth-order valence-corrected chi connectivity index (χ4v) is 4.95. The number of nitrogens with one attached hydrogen (secondary N) is 1. The summed E-state index contributed by atoms with van der Waals surface area (Å²) in [5, 5.41) is 3.83. The van der Waals surface area contributed by atoms with Crippen molar-refractivity contribution in [1.29, 1.82) is 0 Å². The molecule has 0 atom stereocenters. The number of aryl methyl sites for hydroxylation is 1. The van der Waals surface area contributed by atoms with Crippen molar-refractivity contribution < 1.29 is 18.7 Å². The summed E-state index contributed by atoms with van der Waals surface area (Å²) < 4.78 is 11.3. The third-order valence-electron chi connectivity index (χ3n) is 6.37. The second-order valence-corrected chi connectivity index (χ2v) is 9.68. The molecule has 1 N–H and O–H groups in total. The third-order valence-corrected chi connectivity index (χ3v) is 6.90. The van der Waals surface area contributed by atoms with E-state index >= 15 is 0 Å². The maximum absolute atomic E-state index is 13.8. The highest BCUT2D eigenvalue weighted by atomic mass is 35.5. The van der Waals surface area contributed by atoms with Crippen LogP contribution in [0.4, 0.5) is 5.69 Å². The molecule has 1 aromatic heterocycles. The van der Waals surface area contributed by atoms with Gasteiger partial charge in [0.15, 0.2) is 6.61 Å². The lowest BCUT2D eigenvalue weighted by Crippen LogP contribution is -2.60. The van der Waals surface area contributed by atoms with E-state index in [0.29, 0.717) is 40.1 Å². The summed E-state index contributed by atoms with van der Waals surface area (Å²) in [6.45, 7) is 1.87. The van der Waals surface area contributed by atoms with Crippen LogP contribution in [0.25, 0.3) is 0 Å². The number of ether oxygens (including phenoxy) is 1. The number of halogens is 2. The van der Waals surface area contributed by atoms with E-state index in [4.69, 9.17) is 32.4 Å². The zero-order valence-corrected chi connectivity index (χ0v) is 21.1. The first kappa shape index (κ1) is 25.1. The molecule has 3 aromatic rings. The molecule has 6 nitrogen and oxygen atoms in total. The first-order valence-corrected chi connectivity index (χ1v) is 12.4. The minimum Gasteiger partial charge on any atom is -0.482 e. The van der Waals surface area contributed by atoms with Gasteiger partial charge in [0, 0.05) is 10.7 Å². The maximum atomic E-state index is 13.8. The maximum Gasteiger partial charge on any atom is 0.261 e. The molecule has 2 amide bonds. The zero-order chi connectivity index (χ0) is 24.8. The highest BCUT2D eigenvalue weighted by Crippen LogP contribution is 2.37. The van der Waals surface area contributed by atoms with Crippen LogP contribution in [-0.2, 0) is 16.1 Å². The Kier molecular flexibility index (Phi) is 8.04. The standard InChI is InChI=1S/C27H28Cl2N2O4/c1-19-7-10-21(11-8-19)30-26(33)27(13-3-2-4-14-27)31(17-22-6-5-15-34-22)25(32)18-35-24-12-9-20(28)16-23(24)29/h5-12,15-16H,2-4,13-14,17-18H2,1H3,(H,30,33). The number of nitrogens with zero attached hydrogens (tertiary/aromatic N) is 1. The monoisotopic (exact) mass is 514 g/mol. The predicted molar refractivity (Wildman–Crippen MR) is 137 cm³/mol. The Morgan fingerprint density at radius 2 is 1.80 bits per heavy atom. The highest BCUT2D eigenvalue weighted by molar-refractivity contribution is 6.35. The summed E-state index contributed by atoms with van der Waals surface area (Å²) in [5.74, 6) is 0.416. The van der Waals surface area contributed by atoms with Crippen molar-refractivity contribution >= 4 is 40.7 Å². The van der Waals surface area contributed by atoms with Crippen molar-refractivity contribution in [3.05, 3.63) is 82.2 Å². The number of hydrogen-bond donors (Lipinski definition) is 1. The summed E-state index contributed by atoms with van der Waals surface area (Å²) in [4.78, 5) is 29.0. The van der Waals surface area contributed by atoms with Crippen LogP contribution >= 0.6 is 23.2 Å². The Hall–Kier alpha value is -2.96. The molecule has 0 saturated heterocycles. The van der Waals surface area contributed by atoms with Gasteiger partial charge in [-0.25, -0.2) is 0 Å². The number of hydrogen-bond acceptors (Lipinski definition) is 4. The lowest BCUT2D eigenvalue weighted by molar-refractivity contribution is -0.150. The number of amides is 2. The number of carbonyl (C=O) groups excluding carboxylic acids is 2. The highest BCUT2D eigenvalue weighted by Gasteiger charge is 2.47. The third kappa shape index (κ3) is 6.00. The molecule has 35 heavy (non-hydrogen) atoms. The molecule has 0 spiro atoms. The van der Waals surface area contributed by atoms with Gasteiger partial charge in [-0.2, -0.15) is 0 Å². The van der Waals surface area contributed by atoms with E-state index in [1.54, 1.807) is 41.5 Å². The van der Waals surface area contributed by atoms with Crippen LogP contribution in [-0.4, -0.2) is 28.9 Å². The van der Waals surface area contributed by atoms with Gasteiger partial charge >= 0.3 is 0 Å². The van der Waals surface area contributed by atoms with E-state index in [2.05, 4.69) is 5.32 Å². The van der Waals surface area contributed by atoms with E-state index in [-0.39, 0.29) is 25.0 Å². The number of rotatable bonds is 8. The molecule has 1 heterocycles. The van der Waals surface area contributed by atoms with Crippen LogP contribution in [0.5, 0.6) is 5.75 Å². The molecule has 1 aliphatic rings. The minimum atomic E-state index is -1.03. The largest absolute Gasteiger partial charge is 0.482 e. The minimum absolute atomic E-state index is 0.158. The SMILES string of the molecule is Cc1ccc(NC(=O)C2(N(Cc3ccco3)C(=O)COc3ccc(Cl)cc3Cl)CCCCC2)cc1. The molecule has 1 aliphatic carbocycles. The first-order chi connectivity index (χ1) is 16.9. The van der Waals surface area contributed by atoms with Gasteiger partial charge in [-0.15, -0.1) is 0 Å². The van der Waals surface area contributed by atoms with Gasteiger partial charge in [-0.3, -0.25) is 9.59 Å². The summed E-state index contributed by atoms with van der Waals surface area (Å²) >= 11 is 12.2. The second kappa shape index (κ2) is 11.2. The molecule has 8 heteroatoms. The van der Waals surface area contributed by atoms with Gasteiger partial charge in [0.2, 0.25) is 5.91 Å². The predicted octanol–water partition coefficient (Wildman–Crippen LogP) is 6.64. The fraction of sp³-hybridized carbons (Fsp3) is 0.333. The van der Waals surface area contributed by atoms with Gasteiger partial charge < -0.3 is 19.4 Å². The average Bonchev–Trinajstić information content (AvgIpc) is 3.37. The average molecular weight is 515 g/mol. The molecular formula is C27H28Cl2N2O4. The van der Waals surface area contributed by atoms with Gasteiger partial charge in [0.25, 0.3) is 5.91 Å². The number of furan rings is 1.